The highest BCUT2D eigenvalue weighted by molar-refractivity contribution is 6.43. The van der Waals surface area contributed by atoms with Crippen LogP contribution in [0.1, 0.15) is 73.7 Å². The molecule has 0 spiro atoms. The molecule has 8 heteroatoms. The summed E-state index contributed by atoms with van der Waals surface area (Å²) in [4.78, 5) is 12.5. The van der Waals surface area contributed by atoms with E-state index >= 15 is 0 Å². The molecule has 6 nitrogen and oxygen atoms in total. The van der Waals surface area contributed by atoms with Gasteiger partial charge in [-0.25, -0.2) is 0 Å². The maximum atomic E-state index is 12.5. The minimum absolute atomic E-state index is 0. The van der Waals surface area contributed by atoms with Gasteiger partial charge in [0.25, 0.3) is 5.91 Å². The topological polar surface area (TPSA) is 105 Å². The number of methoxy groups -OCH3 is 1. The molecule has 1 aromatic rings. The number of halogens is 1. The second-order valence-corrected chi connectivity index (χ2v) is 8.52. The Bertz CT molecular complexity index is 647. The number of amides is 1. The Labute approximate surface area is 180 Å². The average Bonchev–Trinajstić information content (AvgIpc) is 2.74. The van der Waals surface area contributed by atoms with Crippen molar-refractivity contribution in [1.82, 2.24) is 5.32 Å². The van der Waals surface area contributed by atoms with Crippen LogP contribution in [0.25, 0.3) is 0 Å². The molecule has 0 unspecified atom stereocenters. The average molecular weight is 425 g/mol. The molecular formula is C21H34BClN2O4. The fourth-order valence-electron chi connectivity index (χ4n) is 4.92. The van der Waals surface area contributed by atoms with E-state index in [1.807, 2.05) is 19.2 Å². The molecule has 5 N–H and O–H groups in total. The molecule has 0 aliphatic heterocycles. The van der Waals surface area contributed by atoms with E-state index in [-0.39, 0.29) is 29.3 Å². The van der Waals surface area contributed by atoms with Crippen LogP contribution >= 0.6 is 12.4 Å². The van der Waals surface area contributed by atoms with Crippen molar-refractivity contribution < 1.29 is 19.6 Å². The molecule has 3 aliphatic rings. The van der Waals surface area contributed by atoms with Crippen molar-refractivity contribution in [3.63, 3.8) is 0 Å². The first-order valence-electron chi connectivity index (χ1n) is 10.5. The van der Waals surface area contributed by atoms with Crippen molar-refractivity contribution >= 4 is 25.4 Å². The van der Waals surface area contributed by atoms with Crippen LogP contribution in [0.15, 0.2) is 24.3 Å². The van der Waals surface area contributed by atoms with Crippen LogP contribution in [0.5, 0.6) is 0 Å². The normalized spacial score (nSPS) is 26.5. The molecule has 1 aromatic carbocycles. The number of ether oxygens (including phenoxy) is 1. The van der Waals surface area contributed by atoms with E-state index in [4.69, 9.17) is 10.5 Å². The molecule has 4 rings (SSSR count). The molecule has 0 saturated heterocycles. The molecule has 0 heterocycles. The van der Waals surface area contributed by atoms with Crippen molar-refractivity contribution in [2.24, 2.45) is 5.73 Å². The Morgan fingerprint density at radius 2 is 1.72 bits per heavy atom. The number of carbonyl (C=O) groups excluding carboxylic acids is 1. The lowest BCUT2D eigenvalue weighted by molar-refractivity contribution is -0.0955. The first-order valence-corrected chi connectivity index (χ1v) is 10.5. The summed E-state index contributed by atoms with van der Waals surface area (Å²) in [5.41, 5.74) is 7.62. The molecule has 3 aliphatic carbocycles. The fraction of sp³-hybridized carbons (Fsp3) is 0.667. The molecule has 29 heavy (non-hydrogen) atoms. The summed E-state index contributed by atoms with van der Waals surface area (Å²) in [5.74, 6) is -0.961. The van der Waals surface area contributed by atoms with E-state index in [1.54, 1.807) is 0 Å². The minimum Gasteiger partial charge on any atom is -0.426 e. The predicted molar refractivity (Wildman–Crippen MR) is 117 cm³/mol. The van der Waals surface area contributed by atoms with Crippen molar-refractivity contribution in [2.45, 2.75) is 74.7 Å². The first kappa shape index (κ1) is 24.2. The second-order valence-electron chi connectivity index (χ2n) is 8.52. The molecule has 0 radical (unpaired) electrons. The van der Waals surface area contributed by atoms with Gasteiger partial charge in [-0.2, -0.15) is 0 Å². The van der Waals surface area contributed by atoms with Crippen LogP contribution < -0.4 is 11.1 Å². The van der Waals surface area contributed by atoms with Crippen LogP contribution in [0, 0.1) is 0 Å². The molecule has 1 atom stereocenters. The van der Waals surface area contributed by atoms with Gasteiger partial charge in [-0.15, -0.1) is 12.4 Å². The predicted octanol–water partition coefficient (Wildman–Crippen LogP) is 2.34. The molecule has 162 valence electrons. The number of nitrogens with one attached hydrogen (secondary N) is 1. The van der Waals surface area contributed by atoms with Gasteiger partial charge in [0.15, 0.2) is 0 Å². The molecule has 0 aromatic heterocycles. The van der Waals surface area contributed by atoms with Crippen LogP contribution in [0.4, 0.5) is 0 Å². The number of carbonyl (C=O) groups is 1. The Hall–Kier alpha value is -1.12. The second kappa shape index (κ2) is 10.3. The number of hydrogen-bond acceptors (Lipinski definition) is 5. The maximum Gasteiger partial charge on any atom is 0.475 e. The fourth-order valence-corrected chi connectivity index (χ4v) is 4.92. The summed E-state index contributed by atoms with van der Waals surface area (Å²) in [6, 6.07) is 7.84. The van der Waals surface area contributed by atoms with Gasteiger partial charge in [0.05, 0.1) is 11.5 Å². The van der Waals surface area contributed by atoms with Gasteiger partial charge in [0, 0.05) is 12.7 Å². The number of unbranched alkanes of at least 4 members (excludes halogenated alkanes) is 1. The van der Waals surface area contributed by atoms with Gasteiger partial charge in [-0.3, -0.25) is 4.79 Å². The zero-order valence-corrected chi connectivity index (χ0v) is 18.0. The zero-order chi connectivity index (χ0) is 20.2. The summed E-state index contributed by atoms with van der Waals surface area (Å²) in [7, 11) is 0.253. The SMILES string of the molecule is COC12CCC(c3ccc(C(=O)N[C@@H](CCCCN)B(O)O)cc3)(CC1)CC2.Cl. The van der Waals surface area contributed by atoms with Gasteiger partial charge in [-0.1, -0.05) is 18.6 Å². The van der Waals surface area contributed by atoms with Crippen molar-refractivity contribution in [1.29, 1.82) is 0 Å². The van der Waals surface area contributed by atoms with E-state index < -0.39 is 13.1 Å². The lowest BCUT2D eigenvalue weighted by Gasteiger charge is -2.53. The molecule has 3 saturated carbocycles. The van der Waals surface area contributed by atoms with Gasteiger partial charge in [0.2, 0.25) is 0 Å². The highest BCUT2D eigenvalue weighted by Gasteiger charge is 2.49. The van der Waals surface area contributed by atoms with Gasteiger partial charge < -0.3 is 25.8 Å². The standard InChI is InChI=1S/C21H33BN2O4.ClH/c1-28-21-12-9-20(10-13-21,11-14-21)17-7-5-16(6-8-17)19(25)24-18(22(26)27)4-2-3-15-23;/h5-8,18,26-27H,2-4,9-15,23H2,1H3,(H,24,25);1H/t18-,20?,21?;/m0./s1. The Balaban J connectivity index is 0.00000300. The zero-order valence-electron chi connectivity index (χ0n) is 17.2. The third-order valence-corrected chi connectivity index (χ3v) is 7.02. The van der Waals surface area contributed by atoms with Crippen LogP contribution in [-0.4, -0.2) is 48.3 Å². The lowest BCUT2D eigenvalue weighted by atomic mass is 9.56. The number of rotatable bonds is 9. The smallest absolute Gasteiger partial charge is 0.426 e. The Morgan fingerprint density at radius 3 is 2.21 bits per heavy atom. The number of hydrogen-bond donors (Lipinski definition) is 4. The third kappa shape index (κ3) is 5.33. The summed E-state index contributed by atoms with van der Waals surface area (Å²) in [6.07, 6.45) is 8.72. The Kier molecular flexibility index (Phi) is 8.55. The quantitative estimate of drug-likeness (QED) is 0.360. The van der Waals surface area contributed by atoms with E-state index in [9.17, 15) is 14.8 Å². The van der Waals surface area contributed by atoms with Crippen molar-refractivity contribution in [3.05, 3.63) is 35.4 Å². The van der Waals surface area contributed by atoms with E-state index in [2.05, 4.69) is 17.4 Å². The molecular weight excluding hydrogens is 391 g/mol. The first-order chi connectivity index (χ1) is 13.4. The number of nitrogens with two attached hydrogens (primary N) is 1. The monoisotopic (exact) mass is 424 g/mol. The molecule has 2 bridgehead atoms. The highest BCUT2D eigenvalue weighted by Crippen LogP contribution is 2.54. The summed E-state index contributed by atoms with van der Waals surface area (Å²) in [6.45, 7) is 0.552. The van der Waals surface area contributed by atoms with E-state index in [0.29, 0.717) is 18.5 Å². The maximum absolute atomic E-state index is 12.5. The van der Waals surface area contributed by atoms with Crippen molar-refractivity contribution in [3.8, 4) is 0 Å². The third-order valence-electron chi connectivity index (χ3n) is 7.02. The van der Waals surface area contributed by atoms with Crippen LogP contribution in [0.2, 0.25) is 0 Å². The lowest BCUT2D eigenvalue weighted by Crippen LogP contribution is -2.49. The molecule has 1 amide bonds. The van der Waals surface area contributed by atoms with Gasteiger partial charge in [0.1, 0.15) is 0 Å². The van der Waals surface area contributed by atoms with Gasteiger partial charge in [-0.05, 0) is 81.0 Å². The van der Waals surface area contributed by atoms with Crippen LogP contribution in [-0.2, 0) is 10.2 Å². The summed E-state index contributed by atoms with van der Waals surface area (Å²) < 4.78 is 5.79. The molecule has 3 fully saturated rings. The minimum atomic E-state index is -1.58. The summed E-state index contributed by atoms with van der Waals surface area (Å²) in [5, 5.41) is 21.8. The van der Waals surface area contributed by atoms with Crippen molar-refractivity contribution in [2.75, 3.05) is 13.7 Å². The number of benzene rings is 1. The largest absolute Gasteiger partial charge is 0.475 e. The number of fused-ring (bicyclic) bond motifs is 3. The highest BCUT2D eigenvalue weighted by atomic mass is 35.5. The van der Waals surface area contributed by atoms with E-state index in [1.165, 1.54) is 5.56 Å². The Morgan fingerprint density at radius 1 is 1.14 bits per heavy atom. The van der Waals surface area contributed by atoms with Crippen LogP contribution in [0.3, 0.4) is 0 Å². The summed E-state index contributed by atoms with van der Waals surface area (Å²) >= 11 is 0. The van der Waals surface area contributed by atoms with Gasteiger partial charge >= 0.3 is 7.12 Å². The van der Waals surface area contributed by atoms with E-state index in [0.717, 1.165) is 51.4 Å².